The second kappa shape index (κ2) is 18.4. The molecule has 0 unspecified atom stereocenters. The largest absolute Gasteiger partial charge is 2.00 e. The Morgan fingerprint density at radius 3 is 0.771 bits per heavy atom. The third-order valence-corrected chi connectivity index (χ3v) is 5.13. The molecule has 0 aliphatic carbocycles. The summed E-state index contributed by atoms with van der Waals surface area (Å²) in [7, 11) is -4.37. The number of hydrogen-bond donors (Lipinski definition) is 0. The number of hydrogen-bond acceptors (Lipinski definition) is 7. The molecule has 0 saturated heterocycles. The van der Waals surface area contributed by atoms with Gasteiger partial charge >= 0.3 is 16.5 Å². The minimum absolute atomic E-state index is 0. The maximum atomic E-state index is 11.5. The van der Waals surface area contributed by atoms with E-state index in [-0.39, 0.29) is 16.5 Å². The van der Waals surface area contributed by atoms with E-state index < -0.39 is 17.2 Å². The minimum atomic E-state index is -2.18. The summed E-state index contributed by atoms with van der Waals surface area (Å²) in [5.41, 5.74) is 0. The summed E-state index contributed by atoms with van der Waals surface area (Å²) in [6.45, 7) is 2.00. The van der Waals surface area contributed by atoms with E-state index in [0.717, 1.165) is 0 Å². The Balaban J connectivity index is 0.000000318. The van der Waals surface area contributed by atoms with Crippen molar-refractivity contribution in [2.45, 2.75) is 0 Å². The summed E-state index contributed by atoms with van der Waals surface area (Å²) in [5, 5.41) is 0. The van der Waals surface area contributed by atoms with Gasteiger partial charge in [-0.2, -0.15) is 0 Å². The van der Waals surface area contributed by atoms with Gasteiger partial charge in [-0.3, -0.25) is 0 Å². The molecule has 0 aromatic heterocycles. The molecule has 0 N–H and O–H groups in total. The summed E-state index contributed by atoms with van der Waals surface area (Å²) in [4.78, 5) is 31.0. The van der Waals surface area contributed by atoms with Crippen LogP contribution in [0.4, 0.5) is 0 Å². The van der Waals surface area contributed by atoms with E-state index in [9.17, 15) is 9.79 Å². The van der Waals surface area contributed by atoms with E-state index in [1.54, 1.807) is 97.1 Å². The van der Waals surface area contributed by atoms with Gasteiger partial charge in [-0.15, -0.1) is 0 Å². The quantitative estimate of drug-likeness (QED) is 0.216. The third kappa shape index (κ3) is 12.9. The van der Waals surface area contributed by atoms with E-state index in [2.05, 4.69) is 0 Å². The number of rotatable bonds is 8. The van der Waals surface area contributed by atoms with Crippen molar-refractivity contribution in [3.8, 4) is 23.0 Å². The van der Waals surface area contributed by atoms with Crippen molar-refractivity contribution in [1.82, 2.24) is 0 Å². The van der Waals surface area contributed by atoms with Crippen LogP contribution in [0.15, 0.2) is 121 Å². The fourth-order valence-corrected chi connectivity index (χ4v) is 3.56. The molecule has 0 spiro atoms. The Bertz CT molecular complexity index is 865. The van der Waals surface area contributed by atoms with Gasteiger partial charge in [0.2, 0.25) is 17.2 Å². The molecule has 4 aromatic rings. The van der Waals surface area contributed by atoms with Gasteiger partial charge in [-0.25, -0.2) is 0 Å². The summed E-state index contributed by atoms with van der Waals surface area (Å²) in [5.74, 6) is 2.11. The van der Waals surface area contributed by atoms with Crippen LogP contribution in [-0.2, 0) is 21.3 Å². The molecule has 0 heterocycles. The Labute approximate surface area is 217 Å². The maximum absolute atomic E-state index is 11.5. The normalized spacial score (nSPS) is 9.37. The van der Waals surface area contributed by atoms with Crippen molar-refractivity contribution < 1.29 is 49.2 Å². The molecule has 0 aliphatic rings. The minimum Gasteiger partial charge on any atom is -0.765 e. The van der Waals surface area contributed by atoms with Gasteiger partial charge in [-0.05, 0) is 48.5 Å². The molecular formula is C25H22NiO7P2. The van der Waals surface area contributed by atoms with Crippen molar-refractivity contribution in [3.63, 3.8) is 0 Å². The van der Waals surface area contributed by atoms with Crippen LogP contribution in [0.1, 0.15) is 0 Å². The summed E-state index contributed by atoms with van der Waals surface area (Å²) >= 11 is 0. The molecule has 0 radical (unpaired) electrons. The van der Waals surface area contributed by atoms with Crippen LogP contribution in [-0.4, -0.2) is 6.79 Å². The van der Waals surface area contributed by atoms with Crippen LogP contribution in [0, 0.1) is 0 Å². The molecule has 0 bridgehead atoms. The summed E-state index contributed by atoms with van der Waals surface area (Å²) < 4.78 is 20.4. The maximum Gasteiger partial charge on any atom is 2.00 e. The van der Waals surface area contributed by atoms with Crippen LogP contribution < -0.4 is 27.9 Å². The van der Waals surface area contributed by atoms with E-state index in [1.165, 1.54) is 0 Å². The molecule has 10 heteroatoms. The Kier molecular flexibility index (Phi) is 15.8. The molecule has 0 amide bonds. The van der Waals surface area contributed by atoms with Gasteiger partial charge < -0.3 is 32.7 Å². The molecular weight excluding hydrogens is 533 g/mol. The molecule has 4 rings (SSSR count). The SMILES string of the molecule is C=O.[Ni+2].[O-]P(Oc1ccccc1)Oc1ccccc1.[O-]P(Oc1ccccc1)Oc1ccccc1. The zero-order valence-electron chi connectivity index (χ0n) is 18.3. The molecule has 184 valence electrons. The first kappa shape index (κ1) is 30.1. The van der Waals surface area contributed by atoms with Crippen molar-refractivity contribution in [3.05, 3.63) is 121 Å². The molecule has 0 atom stereocenters. The molecule has 4 aromatic carbocycles. The van der Waals surface area contributed by atoms with E-state index >= 15 is 0 Å². The second-order valence-corrected chi connectivity index (χ2v) is 7.69. The number of carbonyl (C=O) groups excluding carboxylic acids is 1. The second-order valence-electron chi connectivity index (χ2n) is 6.06. The number of benzene rings is 4. The molecule has 0 fully saturated rings. The topological polar surface area (TPSA) is 100 Å². The predicted molar refractivity (Wildman–Crippen MR) is 129 cm³/mol. The standard InChI is InChI=1S/2C12H10O3P.CH2O.Ni/c2*13-16(14-11-7-3-1-4-8-11)15-12-9-5-2-6-10-12;1-2;/h2*1-10H;1H2;/q2*-1;;+2. The zero-order chi connectivity index (χ0) is 24.4. The van der Waals surface area contributed by atoms with Gasteiger partial charge in [0, 0.05) is 0 Å². The van der Waals surface area contributed by atoms with Gasteiger partial charge in [0.05, 0.1) is 0 Å². The van der Waals surface area contributed by atoms with Crippen LogP contribution >= 0.6 is 17.2 Å². The Morgan fingerprint density at radius 1 is 0.429 bits per heavy atom. The Hall–Kier alpha value is -2.98. The summed E-state index contributed by atoms with van der Waals surface area (Å²) in [6.07, 6.45) is 0. The van der Waals surface area contributed by atoms with Gasteiger partial charge in [0.25, 0.3) is 0 Å². The average molecular weight is 555 g/mol. The first-order valence-electron chi connectivity index (χ1n) is 9.84. The fraction of sp³-hybridized carbons (Fsp3) is 0. The predicted octanol–water partition coefficient (Wildman–Crippen LogP) is 5.28. The first-order valence-corrected chi connectivity index (χ1v) is 12.0. The fourth-order valence-electron chi connectivity index (χ4n) is 2.31. The van der Waals surface area contributed by atoms with Crippen LogP contribution in [0.3, 0.4) is 0 Å². The van der Waals surface area contributed by atoms with Gasteiger partial charge in [-0.1, -0.05) is 72.8 Å². The molecule has 0 aliphatic heterocycles. The molecule has 35 heavy (non-hydrogen) atoms. The van der Waals surface area contributed by atoms with Crippen LogP contribution in [0.5, 0.6) is 23.0 Å². The smallest absolute Gasteiger partial charge is 0.765 e. The van der Waals surface area contributed by atoms with Crippen molar-refractivity contribution in [2.24, 2.45) is 0 Å². The first-order chi connectivity index (χ1) is 16.7. The average Bonchev–Trinajstić information content (AvgIpc) is 2.88. The van der Waals surface area contributed by atoms with E-state index in [4.69, 9.17) is 22.9 Å². The van der Waals surface area contributed by atoms with E-state index in [0.29, 0.717) is 23.0 Å². The molecule has 7 nitrogen and oxygen atoms in total. The summed E-state index contributed by atoms with van der Waals surface area (Å²) in [6, 6.07) is 35.7. The van der Waals surface area contributed by atoms with Crippen molar-refractivity contribution in [1.29, 1.82) is 0 Å². The number of para-hydroxylation sites is 4. The zero-order valence-corrected chi connectivity index (χ0v) is 21.1. The van der Waals surface area contributed by atoms with Crippen LogP contribution in [0.25, 0.3) is 0 Å². The molecule has 0 saturated carbocycles. The number of carbonyl (C=O) groups is 1. The van der Waals surface area contributed by atoms with Crippen molar-refractivity contribution in [2.75, 3.05) is 0 Å². The Morgan fingerprint density at radius 2 is 0.600 bits per heavy atom. The van der Waals surface area contributed by atoms with E-state index in [1.807, 2.05) is 31.1 Å². The van der Waals surface area contributed by atoms with Gasteiger partial charge in [0.1, 0.15) is 29.8 Å². The van der Waals surface area contributed by atoms with Gasteiger partial charge in [0.15, 0.2) is 0 Å². The van der Waals surface area contributed by atoms with Crippen molar-refractivity contribution >= 4 is 24.0 Å². The third-order valence-electron chi connectivity index (χ3n) is 3.69. The monoisotopic (exact) mass is 554 g/mol. The van der Waals surface area contributed by atoms with Crippen LogP contribution in [0.2, 0.25) is 0 Å².